The SMILES string of the molecule is Oc1cc(O)c2c(c1)O[C@@]1(c3cc(O)c(O)c(O)c3)Oc3cc(O)c4c(c3[C@@H]2C1O)O[C@@H](c1cc(O)c(O)c(O)c1)[C@H](O)C4. The van der Waals surface area contributed by atoms with Crippen LogP contribution in [0.2, 0.25) is 0 Å². The Kier molecular flexibility index (Phi) is 5.54. The molecule has 3 heterocycles. The fourth-order valence-corrected chi connectivity index (χ4v) is 6.23. The fraction of sp³-hybridized carbons (Fsp3) is 0.200. The van der Waals surface area contributed by atoms with Gasteiger partial charge in [0.15, 0.2) is 40.6 Å². The van der Waals surface area contributed by atoms with E-state index in [-0.39, 0.29) is 51.5 Å². The highest BCUT2D eigenvalue weighted by molar-refractivity contribution is 5.68. The van der Waals surface area contributed by atoms with Crippen LogP contribution in [-0.2, 0) is 12.2 Å². The van der Waals surface area contributed by atoms with Crippen molar-refractivity contribution in [3.05, 3.63) is 70.3 Å². The van der Waals surface area contributed by atoms with E-state index in [1.165, 1.54) is 6.07 Å². The molecular weight excluding hydrogens is 584 g/mol. The van der Waals surface area contributed by atoms with Crippen molar-refractivity contribution in [2.75, 3.05) is 0 Å². The maximum absolute atomic E-state index is 11.9. The first-order valence-electron chi connectivity index (χ1n) is 13.2. The molecule has 0 radical (unpaired) electrons. The second-order valence-electron chi connectivity index (χ2n) is 10.9. The van der Waals surface area contributed by atoms with E-state index in [1.807, 2.05) is 0 Å². The molecule has 5 atom stereocenters. The number of fused-ring (bicyclic) bond motifs is 8. The van der Waals surface area contributed by atoms with Crippen LogP contribution in [0.25, 0.3) is 0 Å². The summed E-state index contributed by atoms with van der Waals surface area (Å²) >= 11 is 0. The smallest absolute Gasteiger partial charge is 0.305 e. The van der Waals surface area contributed by atoms with E-state index < -0.39 is 81.8 Å². The van der Waals surface area contributed by atoms with Crippen LogP contribution in [0.4, 0.5) is 0 Å². The molecule has 0 saturated carbocycles. The molecule has 7 rings (SSSR count). The molecule has 2 bridgehead atoms. The van der Waals surface area contributed by atoms with E-state index in [0.29, 0.717) is 0 Å². The van der Waals surface area contributed by atoms with E-state index in [2.05, 4.69) is 0 Å². The Bertz CT molecular complexity index is 1840. The Labute approximate surface area is 246 Å². The third kappa shape index (κ3) is 3.61. The lowest BCUT2D eigenvalue weighted by Crippen LogP contribution is -2.57. The number of ether oxygens (including phenoxy) is 3. The Balaban J connectivity index is 1.48. The van der Waals surface area contributed by atoms with Crippen molar-refractivity contribution in [3.8, 4) is 69.0 Å². The number of hydrogen-bond donors (Lipinski definition) is 11. The van der Waals surface area contributed by atoms with Crippen LogP contribution < -0.4 is 14.2 Å². The van der Waals surface area contributed by atoms with Crippen LogP contribution in [0.1, 0.15) is 39.8 Å². The molecule has 4 aromatic carbocycles. The lowest BCUT2D eigenvalue weighted by Gasteiger charge is -2.50. The molecule has 0 aliphatic carbocycles. The zero-order valence-corrected chi connectivity index (χ0v) is 22.2. The molecule has 14 nitrogen and oxygen atoms in total. The van der Waals surface area contributed by atoms with Crippen LogP contribution in [-0.4, -0.2) is 68.4 Å². The molecule has 0 saturated heterocycles. The molecule has 0 amide bonds. The summed E-state index contributed by atoms with van der Waals surface area (Å²) in [6.07, 6.45) is -4.63. The van der Waals surface area contributed by atoms with Crippen LogP contribution in [0.3, 0.4) is 0 Å². The van der Waals surface area contributed by atoms with Gasteiger partial charge in [0.05, 0.1) is 12.0 Å². The molecule has 0 spiro atoms. The Hall–Kier alpha value is -5.60. The van der Waals surface area contributed by atoms with E-state index in [1.54, 1.807) is 0 Å². The topological polar surface area (TPSA) is 250 Å². The standard InChI is InChI=1S/C30H24O14/c31-11-5-14(33)22-20(6-11)43-30(10-3-17(36)26(40)18(37)4-10)29(41)24(22)23-21(44-30)8-13(32)12-7-19(38)27(42-28(12)23)9-1-15(34)25(39)16(35)2-9/h1-6,8,19,24,27,29,31-41H,7H2/t19-,24-,27+,29?,30+/m1/s1. The molecule has 14 heteroatoms. The van der Waals surface area contributed by atoms with E-state index in [4.69, 9.17) is 14.2 Å². The van der Waals surface area contributed by atoms with Gasteiger partial charge in [0.2, 0.25) is 0 Å². The monoisotopic (exact) mass is 608 g/mol. The van der Waals surface area contributed by atoms with Crippen molar-refractivity contribution in [3.63, 3.8) is 0 Å². The van der Waals surface area contributed by atoms with Crippen LogP contribution in [0.15, 0.2) is 42.5 Å². The lowest BCUT2D eigenvalue weighted by atomic mass is 9.74. The second kappa shape index (κ2) is 8.95. The number of rotatable bonds is 2. The van der Waals surface area contributed by atoms with Gasteiger partial charge in [0, 0.05) is 52.4 Å². The molecule has 3 aliphatic rings. The molecule has 228 valence electrons. The van der Waals surface area contributed by atoms with E-state index in [9.17, 15) is 56.2 Å². The number of benzene rings is 4. The van der Waals surface area contributed by atoms with Gasteiger partial charge in [-0.05, 0) is 24.3 Å². The first kappa shape index (κ1) is 27.2. The molecule has 1 unspecified atom stereocenters. The summed E-state index contributed by atoms with van der Waals surface area (Å²) in [5.74, 6) is -9.88. The van der Waals surface area contributed by atoms with Gasteiger partial charge in [-0.3, -0.25) is 0 Å². The van der Waals surface area contributed by atoms with E-state index in [0.717, 1.165) is 36.4 Å². The van der Waals surface area contributed by atoms with Gasteiger partial charge in [-0.25, -0.2) is 0 Å². The molecule has 3 aliphatic heterocycles. The number of aliphatic hydroxyl groups excluding tert-OH is 2. The summed E-state index contributed by atoms with van der Waals surface area (Å²) in [7, 11) is 0. The third-order valence-electron chi connectivity index (χ3n) is 8.22. The normalized spacial score (nSPS) is 24.6. The van der Waals surface area contributed by atoms with Crippen LogP contribution in [0, 0.1) is 0 Å². The largest absolute Gasteiger partial charge is 0.508 e. The van der Waals surface area contributed by atoms with Gasteiger partial charge in [0.25, 0.3) is 0 Å². The average molecular weight is 609 g/mol. The van der Waals surface area contributed by atoms with Crippen molar-refractivity contribution in [1.82, 2.24) is 0 Å². The Morgan fingerprint density at radius 3 is 1.80 bits per heavy atom. The van der Waals surface area contributed by atoms with Crippen molar-refractivity contribution in [1.29, 1.82) is 0 Å². The first-order chi connectivity index (χ1) is 20.8. The number of hydrogen-bond acceptors (Lipinski definition) is 14. The number of phenols is 9. The number of aliphatic hydroxyl groups is 2. The fourth-order valence-electron chi connectivity index (χ4n) is 6.23. The highest BCUT2D eigenvalue weighted by Gasteiger charge is 2.60. The van der Waals surface area contributed by atoms with Crippen molar-refractivity contribution >= 4 is 0 Å². The summed E-state index contributed by atoms with van der Waals surface area (Å²) in [6.45, 7) is 0. The van der Waals surface area contributed by atoms with Gasteiger partial charge >= 0.3 is 5.79 Å². The Morgan fingerprint density at radius 1 is 0.614 bits per heavy atom. The predicted molar refractivity (Wildman–Crippen MR) is 145 cm³/mol. The van der Waals surface area contributed by atoms with Gasteiger partial charge in [-0.15, -0.1) is 0 Å². The number of phenolic OH excluding ortho intramolecular Hbond substituents is 9. The van der Waals surface area contributed by atoms with Crippen molar-refractivity contribution < 1.29 is 70.4 Å². The van der Waals surface area contributed by atoms with Crippen molar-refractivity contribution in [2.45, 2.75) is 36.4 Å². The summed E-state index contributed by atoms with van der Waals surface area (Å²) in [4.78, 5) is 0. The maximum atomic E-state index is 11.9. The van der Waals surface area contributed by atoms with Gasteiger partial charge in [-0.1, -0.05) is 0 Å². The molecule has 0 fully saturated rings. The first-order valence-corrected chi connectivity index (χ1v) is 13.2. The number of aromatic hydroxyl groups is 9. The quantitative estimate of drug-likeness (QED) is 0.146. The Morgan fingerprint density at radius 2 is 1.18 bits per heavy atom. The van der Waals surface area contributed by atoms with E-state index >= 15 is 0 Å². The summed E-state index contributed by atoms with van der Waals surface area (Å²) < 4.78 is 18.4. The molecule has 11 N–H and O–H groups in total. The molecular formula is C30H24O14. The lowest BCUT2D eigenvalue weighted by molar-refractivity contribution is -0.219. The second-order valence-corrected chi connectivity index (χ2v) is 10.9. The minimum atomic E-state index is -2.30. The highest BCUT2D eigenvalue weighted by Crippen LogP contribution is 2.62. The molecule has 4 aromatic rings. The third-order valence-corrected chi connectivity index (χ3v) is 8.22. The van der Waals surface area contributed by atoms with Gasteiger partial charge < -0.3 is 70.4 Å². The summed E-state index contributed by atoms with van der Waals surface area (Å²) in [5.41, 5.74) is -0.00268. The van der Waals surface area contributed by atoms with Gasteiger partial charge in [0.1, 0.15) is 40.6 Å². The minimum Gasteiger partial charge on any atom is -0.508 e. The molecule has 44 heavy (non-hydrogen) atoms. The average Bonchev–Trinajstić information content (AvgIpc) is 2.94. The highest BCUT2D eigenvalue weighted by atomic mass is 16.7. The maximum Gasteiger partial charge on any atom is 0.305 e. The van der Waals surface area contributed by atoms with Crippen molar-refractivity contribution in [2.24, 2.45) is 0 Å². The van der Waals surface area contributed by atoms with Crippen LogP contribution in [0.5, 0.6) is 69.0 Å². The van der Waals surface area contributed by atoms with Gasteiger partial charge in [-0.2, -0.15) is 0 Å². The summed E-state index contributed by atoms with van der Waals surface area (Å²) in [5, 5.41) is 116. The molecule has 0 aromatic heterocycles. The zero-order valence-electron chi connectivity index (χ0n) is 22.2. The minimum absolute atomic E-state index is 0.0261. The predicted octanol–water partition coefficient (Wildman–Crippen LogP) is 2.20. The summed E-state index contributed by atoms with van der Waals surface area (Å²) in [6, 6.07) is 7.40. The zero-order chi connectivity index (χ0) is 31.4. The van der Waals surface area contributed by atoms with Crippen LogP contribution >= 0.6 is 0 Å².